The number of fused-ring (bicyclic) bond motifs is 11. The van der Waals surface area contributed by atoms with Crippen molar-refractivity contribution in [2.75, 3.05) is 0 Å². The SMILES string of the molecule is Cc1c(-c2cccc3ccccc23)c(C)[n+]2n1-c1cccc3c1C21c2c(ccc4c5ccccc5n-3c24)-n2c3ccccc3c3ccc[n+]1c32. The van der Waals surface area contributed by atoms with E-state index in [9.17, 15) is 0 Å². The van der Waals surface area contributed by atoms with E-state index in [2.05, 4.69) is 177 Å². The zero-order valence-electron chi connectivity index (χ0n) is 27.5. The minimum atomic E-state index is -0.674. The van der Waals surface area contributed by atoms with Crippen molar-refractivity contribution < 1.29 is 9.25 Å². The lowest BCUT2D eigenvalue weighted by atomic mass is 9.82. The Kier molecular flexibility index (Phi) is 4.20. The Bertz CT molecular complexity index is 3240. The summed E-state index contributed by atoms with van der Waals surface area (Å²) in [6, 6.07) is 49.6. The van der Waals surface area contributed by atoms with Crippen LogP contribution in [0.15, 0.2) is 140 Å². The molecule has 4 aromatic heterocycles. The second kappa shape index (κ2) is 8.21. The number of aromatic nitrogens is 5. The van der Waals surface area contributed by atoms with Crippen molar-refractivity contribution in [3.05, 3.63) is 162 Å². The molecule has 1 unspecified atom stereocenters. The Hall–Kier alpha value is -6.46. The molecule has 6 aromatic carbocycles. The third-order valence-corrected chi connectivity index (χ3v) is 12.1. The molecule has 232 valence electrons. The van der Waals surface area contributed by atoms with Gasteiger partial charge in [-0.25, -0.2) is 0 Å². The normalized spacial score (nSPS) is 16.3. The van der Waals surface area contributed by atoms with Gasteiger partial charge in [-0.15, -0.1) is 4.68 Å². The van der Waals surface area contributed by atoms with Gasteiger partial charge in [0.05, 0.1) is 39.6 Å². The van der Waals surface area contributed by atoms with Crippen molar-refractivity contribution in [3.63, 3.8) is 0 Å². The molecular weight excluding hydrogens is 611 g/mol. The second-order valence-electron chi connectivity index (χ2n) is 14.2. The highest BCUT2D eigenvalue weighted by Gasteiger charge is 2.69. The predicted octanol–water partition coefficient (Wildman–Crippen LogP) is 8.92. The first-order valence-corrected chi connectivity index (χ1v) is 17.5. The van der Waals surface area contributed by atoms with Gasteiger partial charge in [0.2, 0.25) is 5.69 Å². The third kappa shape index (κ3) is 2.49. The Morgan fingerprint density at radius 3 is 2.04 bits per heavy atom. The van der Waals surface area contributed by atoms with Gasteiger partial charge in [-0.05, 0) is 77.9 Å². The molecule has 0 bridgehead atoms. The number of pyridine rings is 1. The van der Waals surface area contributed by atoms with Crippen LogP contribution in [0.25, 0.3) is 82.7 Å². The monoisotopic (exact) mass is 639 g/mol. The maximum absolute atomic E-state index is 2.65. The topological polar surface area (TPSA) is 22.5 Å². The predicted molar refractivity (Wildman–Crippen MR) is 199 cm³/mol. The van der Waals surface area contributed by atoms with Crippen LogP contribution in [0.1, 0.15) is 22.5 Å². The summed E-state index contributed by atoms with van der Waals surface area (Å²) in [6.07, 6.45) is 2.33. The summed E-state index contributed by atoms with van der Waals surface area (Å²) in [5.74, 6) is 0. The van der Waals surface area contributed by atoms with Crippen molar-refractivity contribution in [2.24, 2.45) is 0 Å². The van der Waals surface area contributed by atoms with E-state index < -0.39 is 5.66 Å². The fourth-order valence-electron chi connectivity index (χ4n) is 10.5. The van der Waals surface area contributed by atoms with Crippen LogP contribution < -0.4 is 9.25 Å². The van der Waals surface area contributed by atoms with Gasteiger partial charge < -0.3 is 4.57 Å². The first-order chi connectivity index (χ1) is 24.7. The molecule has 7 heterocycles. The van der Waals surface area contributed by atoms with Gasteiger partial charge in [-0.2, -0.15) is 9.13 Å². The number of hydrogen-bond acceptors (Lipinski definition) is 0. The van der Waals surface area contributed by atoms with Gasteiger partial charge in [0.25, 0.3) is 0 Å². The molecule has 3 aliphatic rings. The first-order valence-electron chi connectivity index (χ1n) is 17.5. The largest absolute Gasteiger partial charge is 0.394 e. The van der Waals surface area contributed by atoms with E-state index in [1.54, 1.807) is 0 Å². The highest BCUT2D eigenvalue weighted by Crippen LogP contribution is 2.54. The molecule has 50 heavy (non-hydrogen) atoms. The molecule has 3 aliphatic heterocycles. The summed E-state index contributed by atoms with van der Waals surface area (Å²) in [4.78, 5) is 0. The molecule has 5 nitrogen and oxygen atoms in total. The van der Waals surface area contributed by atoms with Crippen molar-refractivity contribution in [2.45, 2.75) is 19.5 Å². The maximum Gasteiger partial charge on any atom is 0.394 e. The van der Waals surface area contributed by atoms with E-state index in [0.29, 0.717) is 0 Å². The van der Waals surface area contributed by atoms with Gasteiger partial charge in [0.1, 0.15) is 22.3 Å². The molecule has 5 heteroatoms. The summed E-state index contributed by atoms with van der Waals surface area (Å²) < 4.78 is 12.9. The molecule has 0 amide bonds. The maximum atomic E-state index is 2.65. The van der Waals surface area contributed by atoms with E-state index >= 15 is 0 Å². The van der Waals surface area contributed by atoms with E-state index in [1.165, 1.54) is 105 Å². The van der Waals surface area contributed by atoms with Crippen LogP contribution in [-0.4, -0.2) is 13.8 Å². The fourth-order valence-corrected chi connectivity index (χ4v) is 10.5. The molecule has 1 atom stereocenters. The third-order valence-electron chi connectivity index (χ3n) is 12.1. The van der Waals surface area contributed by atoms with E-state index in [4.69, 9.17) is 0 Å². The summed E-state index contributed by atoms with van der Waals surface area (Å²) in [5.41, 5.74) is 15.8. The van der Waals surface area contributed by atoms with Crippen LogP contribution >= 0.6 is 0 Å². The van der Waals surface area contributed by atoms with Gasteiger partial charge in [-0.3, -0.25) is 0 Å². The minimum absolute atomic E-state index is 0.674. The fraction of sp³-hybridized carbons (Fsp3) is 0.0667. The summed E-state index contributed by atoms with van der Waals surface area (Å²) in [5, 5.41) is 7.66. The molecule has 0 radical (unpaired) electrons. The van der Waals surface area contributed by atoms with Gasteiger partial charge in [-0.1, -0.05) is 83.5 Å². The Morgan fingerprint density at radius 2 is 1.18 bits per heavy atom. The van der Waals surface area contributed by atoms with Crippen LogP contribution in [-0.2, 0) is 5.66 Å². The lowest BCUT2D eigenvalue weighted by Gasteiger charge is -2.33. The van der Waals surface area contributed by atoms with E-state index in [-0.39, 0.29) is 0 Å². The molecule has 1 spiro atoms. The smallest absolute Gasteiger partial charge is 0.307 e. The number of hydrogen-bond donors (Lipinski definition) is 0. The quantitative estimate of drug-likeness (QED) is 0.160. The zero-order valence-corrected chi connectivity index (χ0v) is 27.5. The molecule has 0 saturated heterocycles. The average Bonchev–Trinajstić information content (AvgIpc) is 3.86. The van der Waals surface area contributed by atoms with Crippen molar-refractivity contribution >= 4 is 54.5 Å². The zero-order chi connectivity index (χ0) is 32.6. The standard InChI is InChI=1S/C45H29N5/c1-26-40(32-17-9-13-28-12-3-4-14-29(28)32)27(2)50-45-41-37(21-10-22-39(41)49(26)50)47-35-19-7-5-15-30(35)33-23-24-38(42(45)43(33)47)48-36-20-8-6-16-31(36)34-18-11-25-46(45)44(34)48/h3-25H,1-2H3/q+2. The van der Waals surface area contributed by atoms with Crippen molar-refractivity contribution in [1.29, 1.82) is 0 Å². The molecule has 0 fully saturated rings. The van der Waals surface area contributed by atoms with Crippen LogP contribution in [0.5, 0.6) is 0 Å². The summed E-state index contributed by atoms with van der Waals surface area (Å²) in [7, 11) is 0. The Labute approximate surface area is 286 Å². The van der Waals surface area contributed by atoms with Crippen LogP contribution in [0.2, 0.25) is 0 Å². The van der Waals surface area contributed by atoms with Crippen LogP contribution in [0, 0.1) is 13.8 Å². The van der Waals surface area contributed by atoms with Gasteiger partial charge in [0, 0.05) is 23.1 Å². The number of rotatable bonds is 1. The van der Waals surface area contributed by atoms with Crippen LogP contribution in [0.4, 0.5) is 0 Å². The average molecular weight is 640 g/mol. The Balaban J connectivity index is 1.33. The van der Waals surface area contributed by atoms with Gasteiger partial charge in [0.15, 0.2) is 5.69 Å². The second-order valence-corrected chi connectivity index (χ2v) is 14.2. The van der Waals surface area contributed by atoms with Crippen molar-refractivity contribution in [1.82, 2.24) is 13.8 Å². The van der Waals surface area contributed by atoms with Crippen LogP contribution in [0.3, 0.4) is 0 Å². The number of nitrogens with zero attached hydrogens (tertiary/aromatic N) is 5. The van der Waals surface area contributed by atoms with Crippen molar-refractivity contribution in [3.8, 4) is 28.2 Å². The highest BCUT2D eigenvalue weighted by atomic mass is 15.5. The number of para-hydroxylation sites is 2. The Morgan fingerprint density at radius 1 is 0.520 bits per heavy atom. The van der Waals surface area contributed by atoms with E-state index in [0.717, 1.165) is 0 Å². The minimum Gasteiger partial charge on any atom is -0.307 e. The highest BCUT2D eigenvalue weighted by molar-refractivity contribution is 6.14. The summed E-state index contributed by atoms with van der Waals surface area (Å²) in [6.45, 7) is 4.66. The lowest BCUT2D eigenvalue weighted by molar-refractivity contribution is -0.989. The molecule has 10 aromatic rings. The van der Waals surface area contributed by atoms with E-state index in [1.807, 2.05) is 0 Å². The molecule has 13 rings (SSSR count). The molecule has 0 N–H and O–H groups in total. The first kappa shape index (κ1) is 25.5. The lowest BCUT2D eigenvalue weighted by Crippen LogP contribution is -2.77. The summed E-state index contributed by atoms with van der Waals surface area (Å²) >= 11 is 0. The molecule has 0 saturated carbocycles. The number of benzene rings is 6. The van der Waals surface area contributed by atoms with Gasteiger partial charge >= 0.3 is 11.3 Å². The molecule has 0 aliphatic carbocycles. The molecular formula is C45H29N5+2.